The summed E-state index contributed by atoms with van der Waals surface area (Å²) in [5, 5.41) is 8.89. The molecule has 1 aliphatic heterocycles. The molecular formula is C14H24N2O. The highest BCUT2D eigenvalue weighted by Crippen LogP contribution is 2.41. The number of hydrogen-bond donors (Lipinski definition) is 0. The average molecular weight is 236 g/mol. The molecule has 1 saturated heterocycles. The van der Waals surface area contributed by atoms with Crippen molar-refractivity contribution in [1.82, 2.24) is 4.90 Å². The smallest absolute Gasteiger partial charge is 0.0947 e. The van der Waals surface area contributed by atoms with Gasteiger partial charge in [0, 0.05) is 6.54 Å². The standard InChI is InChI=1S/C14H24N2O/c1-12(10-15)16(2)11-13-6-9-14(17-13)7-4-3-5-8-14/h12-13H,3-9,11H2,1-2H3. The third-order valence-electron chi connectivity index (χ3n) is 4.44. The van der Waals surface area contributed by atoms with Gasteiger partial charge in [0.05, 0.1) is 23.8 Å². The predicted molar refractivity (Wildman–Crippen MR) is 67.6 cm³/mol. The molecular weight excluding hydrogens is 212 g/mol. The highest BCUT2D eigenvalue weighted by atomic mass is 16.5. The summed E-state index contributed by atoms with van der Waals surface area (Å²) < 4.78 is 6.30. The van der Waals surface area contributed by atoms with Crippen molar-refractivity contribution >= 4 is 0 Å². The highest BCUT2D eigenvalue weighted by Gasteiger charge is 2.41. The van der Waals surface area contributed by atoms with E-state index in [4.69, 9.17) is 10.00 Å². The predicted octanol–water partition coefficient (Wildman–Crippen LogP) is 2.71. The first kappa shape index (κ1) is 12.9. The van der Waals surface area contributed by atoms with Crippen LogP contribution in [0.4, 0.5) is 0 Å². The quantitative estimate of drug-likeness (QED) is 0.756. The molecule has 0 aromatic carbocycles. The molecule has 2 rings (SSSR count). The zero-order valence-corrected chi connectivity index (χ0v) is 11.1. The molecule has 3 nitrogen and oxygen atoms in total. The van der Waals surface area contributed by atoms with Crippen LogP contribution in [0.15, 0.2) is 0 Å². The van der Waals surface area contributed by atoms with Gasteiger partial charge in [-0.25, -0.2) is 0 Å². The molecule has 2 fully saturated rings. The average Bonchev–Trinajstić information content (AvgIpc) is 2.72. The second-order valence-electron chi connectivity index (χ2n) is 5.77. The van der Waals surface area contributed by atoms with E-state index in [-0.39, 0.29) is 11.6 Å². The van der Waals surface area contributed by atoms with Gasteiger partial charge in [-0.15, -0.1) is 0 Å². The number of likely N-dealkylation sites (N-methyl/N-ethyl adjacent to an activating group) is 1. The van der Waals surface area contributed by atoms with Gasteiger partial charge in [0.25, 0.3) is 0 Å². The maximum Gasteiger partial charge on any atom is 0.0947 e. The highest BCUT2D eigenvalue weighted by molar-refractivity contribution is 4.93. The van der Waals surface area contributed by atoms with Crippen LogP contribution in [0.1, 0.15) is 51.9 Å². The van der Waals surface area contributed by atoms with Crippen LogP contribution >= 0.6 is 0 Å². The van der Waals surface area contributed by atoms with Gasteiger partial charge in [-0.05, 0) is 39.7 Å². The van der Waals surface area contributed by atoms with Crippen LogP contribution < -0.4 is 0 Å². The Kier molecular flexibility index (Phi) is 4.06. The third-order valence-corrected chi connectivity index (χ3v) is 4.44. The summed E-state index contributed by atoms with van der Waals surface area (Å²) in [6.45, 7) is 2.85. The number of ether oxygens (including phenoxy) is 1. The van der Waals surface area contributed by atoms with Gasteiger partial charge in [-0.1, -0.05) is 19.3 Å². The van der Waals surface area contributed by atoms with Crippen LogP contribution in [-0.2, 0) is 4.74 Å². The lowest BCUT2D eigenvalue weighted by Crippen LogP contribution is -2.38. The van der Waals surface area contributed by atoms with Gasteiger partial charge in [0.1, 0.15) is 0 Å². The summed E-state index contributed by atoms with van der Waals surface area (Å²) in [6, 6.07) is 2.27. The summed E-state index contributed by atoms with van der Waals surface area (Å²) in [4.78, 5) is 2.10. The second-order valence-corrected chi connectivity index (χ2v) is 5.77. The Morgan fingerprint density at radius 3 is 2.71 bits per heavy atom. The Morgan fingerprint density at radius 2 is 2.06 bits per heavy atom. The van der Waals surface area contributed by atoms with Crippen molar-refractivity contribution in [3.05, 3.63) is 0 Å². The van der Waals surface area contributed by atoms with Crippen LogP contribution in [0, 0.1) is 11.3 Å². The van der Waals surface area contributed by atoms with Crippen LogP contribution in [-0.4, -0.2) is 36.2 Å². The lowest BCUT2D eigenvalue weighted by atomic mass is 9.83. The van der Waals surface area contributed by atoms with Crippen LogP contribution in [0.2, 0.25) is 0 Å². The fraction of sp³-hybridized carbons (Fsp3) is 0.929. The Hall–Kier alpha value is -0.590. The van der Waals surface area contributed by atoms with Crippen LogP contribution in [0.25, 0.3) is 0 Å². The molecule has 0 aromatic heterocycles. The van der Waals surface area contributed by atoms with E-state index in [1.807, 2.05) is 14.0 Å². The monoisotopic (exact) mass is 236 g/mol. The first-order valence-electron chi connectivity index (χ1n) is 6.93. The van der Waals surface area contributed by atoms with Crippen molar-refractivity contribution in [2.24, 2.45) is 0 Å². The second kappa shape index (κ2) is 5.37. The number of hydrogen-bond acceptors (Lipinski definition) is 3. The van der Waals surface area contributed by atoms with Crippen LogP contribution in [0.3, 0.4) is 0 Å². The summed E-state index contributed by atoms with van der Waals surface area (Å²) in [5.41, 5.74) is 0.208. The topological polar surface area (TPSA) is 36.3 Å². The minimum Gasteiger partial charge on any atom is -0.370 e. The zero-order chi connectivity index (χ0) is 12.3. The van der Waals surface area contributed by atoms with E-state index in [0.717, 1.165) is 6.54 Å². The molecule has 2 aliphatic rings. The lowest BCUT2D eigenvalue weighted by molar-refractivity contribution is -0.0711. The summed E-state index contributed by atoms with van der Waals surface area (Å²) in [5.74, 6) is 0. The Balaban J connectivity index is 1.83. The molecule has 0 radical (unpaired) electrons. The molecule has 96 valence electrons. The van der Waals surface area contributed by atoms with Crippen molar-refractivity contribution < 1.29 is 4.74 Å². The van der Waals surface area contributed by atoms with Gasteiger partial charge < -0.3 is 4.74 Å². The van der Waals surface area contributed by atoms with Crippen LogP contribution in [0.5, 0.6) is 0 Å². The van der Waals surface area contributed by atoms with Crippen molar-refractivity contribution in [2.75, 3.05) is 13.6 Å². The van der Waals surface area contributed by atoms with E-state index in [1.165, 1.54) is 44.9 Å². The van der Waals surface area contributed by atoms with Gasteiger partial charge in [0.15, 0.2) is 0 Å². The van der Waals surface area contributed by atoms with Crippen molar-refractivity contribution in [3.8, 4) is 6.07 Å². The summed E-state index contributed by atoms with van der Waals surface area (Å²) in [7, 11) is 2.02. The minimum absolute atomic E-state index is 0.0125. The summed E-state index contributed by atoms with van der Waals surface area (Å²) in [6.07, 6.45) is 9.28. The first-order chi connectivity index (χ1) is 8.15. The van der Waals surface area contributed by atoms with Gasteiger partial charge >= 0.3 is 0 Å². The number of rotatable bonds is 3. The molecule has 0 N–H and O–H groups in total. The Labute approximate surface area is 105 Å². The number of nitriles is 1. The molecule has 1 aliphatic carbocycles. The maximum atomic E-state index is 8.89. The van der Waals surface area contributed by atoms with E-state index >= 15 is 0 Å². The Bertz CT molecular complexity index is 291. The SMILES string of the molecule is CC(C#N)N(C)CC1CCC2(CCCCC2)O1. The van der Waals surface area contributed by atoms with Crippen molar-refractivity contribution in [3.63, 3.8) is 0 Å². The van der Waals surface area contributed by atoms with Gasteiger partial charge in [0.2, 0.25) is 0 Å². The zero-order valence-electron chi connectivity index (χ0n) is 11.1. The lowest BCUT2D eigenvalue weighted by Gasteiger charge is -2.34. The molecule has 0 amide bonds. The van der Waals surface area contributed by atoms with E-state index in [9.17, 15) is 0 Å². The molecule has 2 atom stereocenters. The third kappa shape index (κ3) is 3.00. The van der Waals surface area contributed by atoms with E-state index in [0.29, 0.717) is 6.10 Å². The molecule has 1 heterocycles. The fourth-order valence-electron chi connectivity index (χ4n) is 3.17. The Morgan fingerprint density at radius 1 is 1.35 bits per heavy atom. The van der Waals surface area contributed by atoms with E-state index < -0.39 is 0 Å². The van der Waals surface area contributed by atoms with Gasteiger partial charge in [-0.3, -0.25) is 4.90 Å². The molecule has 0 aromatic rings. The van der Waals surface area contributed by atoms with E-state index in [1.54, 1.807) is 0 Å². The normalized spacial score (nSPS) is 29.4. The maximum absolute atomic E-state index is 8.89. The van der Waals surface area contributed by atoms with Crippen molar-refractivity contribution in [2.45, 2.75) is 69.6 Å². The first-order valence-corrected chi connectivity index (χ1v) is 6.93. The van der Waals surface area contributed by atoms with E-state index in [2.05, 4.69) is 11.0 Å². The molecule has 0 bridgehead atoms. The summed E-state index contributed by atoms with van der Waals surface area (Å²) >= 11 is 0. The number of nitrogens with zero attached hydrogens (tertiary/aromatic N) is 2. The largest absolute Gasteiger partial charge is 0.370 e. The molecule has 2 unspecified atom stereocenters. The molecule has 3 heteroatoms. The molecule has 1 saturated carbocycles. The molecule has 17 heavy (non-hydrogen) atoms. The van der Waals surface area contributed by atoms with Gasteiger partial charge in [-0.2, -0.15) is 5.26 Å². The fourth-order valence-corrected chi connectivity index (χ4v) is 3.17. The minimum atomic E-state index is -0.0125. The molecule has 1 spiro atoms. The van der Waals surface area contributed by atoms with Crippen molar-refractivity contribution in [1.29, 1.82) is 5.26 Å².